The van der Waals surface area contributed by atoms with Crippen LogP contribution in [0, 0.1) is 5.92 Å². The fraction of sp³-hybridized carbons (Fsp3) is 0.455. The fourth-order valence-corrected chi connectivity index (χ4v) is 1.98. The summed E-state index contributed by atoms with van der Waals surface area (Å²) in [7, 11) is 0. The van der Waals surface area contributed by atoms with E-state index in [1.54, 1.807) is 6.20 Å². The number of hydrogen-bond donors (Lipinski definition) is 0. The van der Waals surface area contributed by atoms with Crippen LogP contribution in [0.1, 0.15) is 25.0 Å². The molecule has 0 N–H and O–H groups in total. The van der Waals surface area contributed by atoms with Crippen molar-refractivity contribution >= 4 is 21.7 Å². The second-order valence-corrected chi connectivity index (χ2v) is 4.56. The van der Waals surface area contributed by atoms with Gasteiger partial charge < -0.3 is 0 Å². The van der Waals surface area contributed by atoms with Gasteiger partial charge >= 0.3 is 0 Å². The molecule has 1 aromatic rings. The zero-order valence-electron chi connectivity index (χ0n) is 7.87. The van der Waals surface area contributed by atoms with Crippen molar-refractivity contribution in [1.82, 2.24) is 4.98 Å². The van der Waals surface area contributed by atoms with Crippen molar-refractivity contribution in [2.24, 2.45) is 5.92 Å². The summed E-state index contributed by atoms with van der Waals surface area (Å²) in [6, 6.07) is 3.79. The lowest BCUT2D eigenvalue weighted by Crippen LogP contribution is -2.23. The lowest BCUT2D eigenvalue weighted by Gasteiger charge is -2.23. The first-order valence-corrected chi connectivity index (χ1v) is 5.69. The third-order valence-electron chi connectivity index (χ3n) is 2.74. The van der Waals surface area contributed by atoms with Gasteiger partial charge in [0.15, 0.2) is 0 Å². The SMILES string of the molecule is O=C(Cc1ncccc1Br)C1CCC1. The fourth-order valence-electron chi connectivity index (χ4n) is 1.59. The molecular weight excluding hydrogens is 242 g/mol. The number of Topliss-reactive ketones (excluding diaryl/α,β-unsaturated/α-hetero) is 1. The van der Waals surface area contributed by atoms with Gasteiger partial charge in [-0.1, -0.05) is 6.42 Å². The normalized spacial score (nSPS) is 16.4. The molecule has 1 aromatic heterocycles. The second-order valence-electron chi connectivity index (χ2n) is 3.70. The number of aromatic nitrogens is 1. The number of ketones is 1. The third-order valence-corrected chi connectivity index (χ3v) is 3.46. The van der Waals surface area contributed by atoms with Crippen LogP contribution in [0.5, 0.6) is 0 Å². The maximum atomic E-state index is 11.7. The highest BCUT2D eigenvalue weighted by molar-refractivity contribution is 9.10. The van der Waals surface area contributed by atoms with E-state index in [4.69, 9.17) is 0 Å². The number of rotatable bonds is 3. The van der Waals surface area contributed by atoms with E-state index in [0.29, 0.717) is 18.1 Å². The summed E-state index contributed by atoms with van der Waals surface area (Å²) in [5, 5.41) is 0. The van der Waals surface area contributed by atoms with Crippen molar-refractivity contribution in [2.45, 2.75) is 25.7 Å². The molecular formula is C11H12BrNO. The van der Waals surface area contributed by atoms with E-state index in [1.807, 2.05) is 12.1 Å². The van der Waals surface area contributed by atoms with E-state index < -0.39 is 0 Å². The second kappa shape index (κ2) is 4.22. The molecule has 0 spiro atoms. The highest BCUT2D eigenvalue weighted by Crippen LogP contribution is 2.28. The summed E-state index contributed by atoms with van der Waals surface area (Å²) in [6.45, 7) is 0. The summed E-state index contributed by atoms with van der Waals surface area (Å²) in [4.78, 5) is 15.9. The Balaban J connectivity index is 2.03. The molecule has 0 aliphatic heterocycles. The zero-order chi connectivity index (χ0) is 9.97. The number of nitrogens with zero attached hydrogens (tertiary/aromatic N) is 1. The van der Waals surface area contributed by atoms with Crippen LogP contribution >= 0.6 is 15.9 Å². The number of carbonyl (C=O) groups excluding carboxylic acids is 1. The third kappa shape index (κ3) is 2.03. The molecule has 2 rings (SSSR count). The van der Waals surface area contributed by atoms with Crippen LogP contribution in [-0.4, -0.2) is 10.8 Å². The molecule has 1 aliphatic rings. The van der Waals surface area contributed by atoms with Crippen molar-refractivity contribution in [2.75, 3.05) is 0 Å². The molecule has 1 heterocycles. The Morgan fingerprint density at radius 2 is 2.36 bits per heavy atom. The summed E-state index contributed by atoms with van der Waals surface area (Å²) < 4.78 is 0.938. The lowest BCUT2D eigenvalue weighted by molar-refractivity contribution is -0.124. The summed E-state index contributed by atoms with van der Waals surface area (Å²) in [5.74, 6) is 0.652. The Morgan fingerprint density at radius 3 is 2.93 bits per heavy atom. The van der Waals surface area contributed by atoms with Crippen molar-refractivity contribution < 1.29 is 4.79 Å². The van der Waals surface area contributed by atoms with Crippen molar-refractivity contribution in [3.05, 3.63) is 28.5 Å². The van der Waals surface area contributed by atoms with E-state index >= 15 is 0 Å². The summed E-state index contributed by atoms with van der Waals surface area (Å²) in [5.41, 5.74) is 0.865. The Hall–Kier alpha value is -0.700. The van der Waals surface area contributed by atoms with Crippen LogP contribution < -0.4 is 0 Å². The van der Waals surface area contributed by atoms with Gasteiger partial charge in [-0.3, -0.25) is 9.78 Å². The molecule has 0 aromatic carbocycles. The minimum Gasteiger partial charge on any atom is -0.299 e. The number of halogens is 1. The quantitative estimate of drug-likeness (QED) is 0.830. The van der Waals surface area contributed by atoms with Crippen LogP contribution in [0.15, 0.2) is 22.8 Å². The molecule has 0 radical (unpaired) electrons. The first-order chi connectivity index (χ1) is 6.77. The zero-order valence-corrected chi connectivity index (χ0v) is 9.46. The topological polar surface area (TPSA) is 30.0 Å². The number of pyridine rings is 1. The van der Waals surface area contributed by atoms with Crippen LogP contribution in [0.3, 0.4) is 0 Å². The Morgan fingerprint density at radius 1 is 1.57 bits per heavy atom. The standard InChI is InChI=1S/C11H12BrNO/c12-9-5-2-6-13-10(9)7-11(14)8-3-1-4-8/h2,5-6,8H,1,3-4,7H2. The predicted molar refractivity (Wildman–Crippen MR) is 58.0 cm³/mol. The average Bonchev–Trinajstić information content (AvgIpc) is 2.05. The van der Waals surface area contributed by atoms with Crippen molar-refractivity contribution in [3.8, 4) is 0 Å². The molecule has 14 heavy (non-hydrogen) atoms. The highest BCUT2D eigenvalue weighted by atomic mass is 79.9. The van der Waals surface area contributed by atoms with Gasteiger partial charge in [-0.2, -0.15) is 0 Å². The van der Waals surface area contributed by atoms with Gasteiger partial charge in [0.1, 0.15) is 5.78 Å². The van der Waals surface area contributed by atoms with Crippen LogP contribution in [0.2, 0.25) is 0 Å². The highest BCUT2D eigenvalue weighted by Gasteiger charge is 2.25. The monoisotopic (exact) mass is 253 g/mol. The van der Waals surface area contributed by atoms with Crippen molar-refractivity contribution in [1.29, 1.82) is 0 Å². The van der Waals surface area contributed by atoms with E-state index in [2.05, 4.69) is 20.9 Å². The van der Waals surface area contributed by atoms with E-state index in [0.717, 1.165) is 23.0 Å². The maximum absolute atomic E-state index is 11.7. The predicted octanol–water partition coefficient (Wildman–Crippen LogP) is 2.76. The molecule has 1 saturated carbocycles. The van der Waals surface area contributed by atoms with Gasteiger partial charge in [0.05, 0.1) is 12.1 Å². The van der Waals surface area contributed by atoms with Gasteiger partial charge in [0.25, 0.3) is 0 Å². The smallest absolute Gasteiger partial charge is 0.141 e. The van der Waals surface area contributed by atoms with Crippen LogP contribution in [0.25, 0.3) is 0 Å². The van der Waals surface area contributed by atoms with Crippen molar-refractivity contribution in [3.63, 3.8) is 0 Å². The van der Waals surface area contributed by atoms with Gasteiger partial charge in [-0.05, 0) is 40.9 Å². The Labute approximate surface area is 91.9 Å². The lowest BCUT2D eigenvalue weighted by atomic mass is 9.81. The number of carbonyl (C=O) groups is 1. The Kier molecular flexibility index (Phi) is 2.96. The average molecular weight is 254 g/mol. The molecule has 1 aliphatic carbocycles. The first kappa shape index (κ1) is 9.84. The van der Waals surface area contributed by atoms with Crippen LogP contribution in [-0.2, 0) is 11.2 Å². The molecule has 0 bridgehead atoms. The van der Waals surface area contributed by atoms with Crippen LogP contribution in [0.4, 0.5) is 0 Å². The molecule has 2 nitrogen and oxygen atoms in total. The summed E-state index contributed by atoms with van der Waals surface area (Å²) in [6.07, 6.45) is 5.56. The molecule has 0 saturated heterocycles. The largest absolute Gasteiger partial charge is 0.299 e. The molecule has 1 fully saturated rings. The van der Waals surface area contributed by atoms with Gasteiger partial charge in [0.2, 0.25) is 0 Å². The Bertz CT molecular complexity index is 347. The van der Waals surface area contributed by atoms with Gasteiger partial charge in [-0.25, -0.2) is 0 Å². The first-order valence-electron chi connectivity index (χ1n) is 4.89. The molecule has 0 unspecified atom stereocenters. The molecule has 0 amide bonds. The van der Waals surface area contributed by atoms with E-state index in [1.165, 1.54) is 6.42 Å². The molecule has 3 heteroatoms. The van der Waals surface area contributed by atoms with E-state index in [9.17, 15) is 4.79 Å². The minimum absolute atomic E-state index is 0.309. The molecule has 0 atom stereocenters. The molecule has 74 valence electrons. The van der Waals surface area contributed by atoms with Gasteiger partial charge in [0, 0.05) is 16.6 Å². The maximum Gasteiger partial charge on any atom is 0.141 e. The van der Waals surface area contributed by atoms with E-state index in [-0.39, 0.29) is 0 Å². The minimum atomic E-state index is 0.309. The number of hydrogen-bond acceptors (Lipinski definition) is 2. The van der Waals surface area contributed by atoms with Gasteiger partial charge in [-0.15, -0.1) is 0 Å². The summed E-state index contributed by atoms with van der Waals surface area (Å²) >= 11 is 3.40.